The molecule has 1 saturated heterocycles. The molecule has 0 radical (unpaired) electrons. The van der Waals surface area contributed by atoms with Crippen LogP contribution in [0.1, 0.15) is 18.9 Å². The Morgan fingerprint density at radius 1 is 1.56 bits per heavy atom. The van der Waals surface area contributed by atoms with Crippen LogP contribution in [-0.2, 0) is 4.74 Å². The van der Waals surface area contributed by atoms with Gasteiger partial charge in [0.2, 0.25) is 0 Å². The Morgan fingerprint density at radius 2 is 2.31 bits per heavy atom. The fourth-order valence-electron chi connectivity index (χ4n) is 1.69. The number of ether oxygens (including phenoxy) is 1. The van der Waals surface area contributed by atoms with Crippen LogP contribution in [0.3, 0.4) is 0 Å². The third kappa shape index (κ3) is 1.87. The third-order valence-electron chi connectivity index (χ3n) is 2.80. The van der Waals surface area contributed by atoms with Crippen molar-refractivity contribution in [2.24, 2.45) is 0 Å². The lowest BCUT2D eigenvalue weighted by atomic mass is 10.2. The van der Waals surface area contributed by atoms with Crippen molar-refractivity contribution in [2.75, 3.05) is 11.4 Å². The summed E-state index contributed by atoms with van der Waals surface area (Å²) < 4.78 is 18.5. The number of carbonyl (C=O) groups is 1. The van der Waals surface area contributed by atoms with E-state index in [9.17, 15) is 9.18 Å². The van der Waals surface area contributed by atoms with E-state index >= 15 is 0 Å². The summed E-state index contributed by atoms with van der Waals surface area (Å²) in [6.07, 6.45) is 0.295. The smallest absolute Gasteiger partial charge is 0.414 e. The van der Waals surface area contributed by atoms with Crippen molar-refractivity contribution >= 4 is 11.8 Å². The van der Waals surface area contributed by atoms with E-state index in [-0.39, 0.29) is 11.9 Å². The summed E-state index contributed by atoms with van der Waals surface area (Å²) in [5, 5.41) is 0. The van der Waals surface area contributed by atoms with Crippen LogP contribution in [0.4, 0.5) is 14.9 Å². The number of nitrogens with zero attached hydrogens (tertiary/aromatic N) is 1. The van der Waals surface area contributed by atoms with Crippen LogP contribution in [0.25, 0.3) is 0 Å². The van der Waals surface area contributed by atoms with Crippen molar-refractivity contribution in [3.8, 4) is 0 Å². The number of aryl methyl sites for hydroxylation is 1. The van der Waals surface area contributed by atoms with Gasteiger partial charge in [0.1, 0.15) is 11.9 Å². The van der Waals surface area contributed by atoms with Crippen molar-refractivity contribution < 1.29 is 13.9 Å². The lowest BCUT2D eigenvalue weighted by Gasteiger charge is -2.13. The molecule has 1 heterocycles. The van der Waals surface area contributed by atoms with Gasteiger partial charge in [-0.2, -0.15) is 0 Å². The van der Waals surface area contributed by atoms with E-state index in [2.05, 4.69) is 0 Å². The van der Waals surface area contributed by atoms with Gasteiger partial charge < -0.3 is 4.74 Å². The number of benzene rings is 1. The lowest BCUT2D eigenvalue weighted by Crippen LogP contribution is -2.24. The normalized spacial score (nSPS) is 20.1. The first-order valence-corrected chi connectivity index (χ1v) is 5.36. The molecule has 1 atom stereocenters. The molecule has 16 heavy (non-hydrogen) atoms. The molecule has 2 rings (SSSR count). The van der Waals surface area contributed by atoms with E-state index < -0.39 is 6.09 Å². The third-order valence-corrected chi connectivity index (χ3v) is 2.80. The molecule has 0 bridgehead atoms. The summed E-state index contributed by atoms with van der Waals surface area (Å²) in [5.41, 5.74) is 1.13. The molecule has 1 fully saturated rings. The minimum Gasteiger partial charge on any atom is -0.444 e. The van der Waals surface area contributed by atoms with Crippen molar-refractivity contribution in [3.63, 3.8) is 0 Å². The first-order chi connectivity index (χ1) is 7.61. The molecule has 0 aromatic heterocycles. The van der Waals surface area contributed by atoms with Gasteiger partial charge in [-0.15, -0.1) is 0 Å². The van der Waals surface area contributed by atoms with Gasteiger partial charge in [-0.3, -0.25) is 4.90 Å². The fourth-order valence-corrected chi connectivity index (χ4v) is 1.69. The van der Waals surface area contributed by atoms with Gasteiger partial charge in [0.25, 0.3) is 0 Å². The number of carbonyl (C=O) groups excluding carboxylic acids is 1. The van der Waals surface area contributed by atoms with Gasteiger partial charge in [-0.25, -0.2) is 9.18 Å². The zero-order valence-electron chi connectivity index (χ0n) is 9.37. The second-order valence-electron chi connectivity index (χ2n) is 3.96. The van der Waals surface area contributed by atoms with Gasteiger partial charge in [0.05, 0.1) is 12.2 Å². The van der Waals surface area contributed by atoms with Crippen molar-refractivity contribution in [3.05, 3.63) is 29.6 Å². The summed E-state index contributed by atoms with van der Waals surface area (Å²) in [4.78, 5) is 13.0. The molecule has 1 amide bonds. The highest BCUT2D eigenvalue weighted by molar-refractivity contribution is 5.89. The van der Waals surface area contributed by atoms with E-state index in [4.69, 9.17) is 4.74 Å². The molecular weight excluding hydrogens is 209 g/mol. The maximum atomic E-state index is 13.4. The highest BCUT2D eigenvalue weighted by Gasteiger charge is 2.31. The molecule has 1 aliphatic heterocycles. The molecule has 0 N–H and O–H groups in total. The van der Waals surface area contributed by atoms with Crippen LogP contribution in [0, 0.1) is 12.7 Å². The average molecular weight is 223 g/mol. The number of halogens is 1. The van der Waals surface area contributed by atoms with E-state index in [1.165, 1.54) is 11.0 Å². The molecule has 1 unspecified atom stereocenters. The Labute approximate surface area is 93.8 Å². The van der Waals surface area contributed by atoms with Crippen LogP contribution in [0.2, 0.25) is 0 Å². The van der Waals surface area contributed by atoms with E-state index in [0.29, 0.717) is 17.8 Å². The van der Waals surface area contributed by atoms with Gasteiger partial charge in [0.15, 0.2) is 0 Å². The van der Waals surface area contributed by atoms with Gasteiger partial charge in [-0.05, 0) is 31.0 Å². The first kappa shape index (κ1) is 10.9. The summed E-state index contributed by atoms with van der Waals surface area (Å²) >= 11 is 0. The maximum absolute atomic E-state index is 13.4. The summed E-state index contributed by atoms with van der Waals surface area (Å²) in [7, 11) is 0. The number of cyclic esters (lactones) is 1. The minimum atomic E-state index is -0.393. The SMILES string of the molecule is CCC1CN(c2ccc(C)c(F)c2)C(=O)O1. The molecule has 1 aromatic carbocycles. The lowest BCUT2D eigenvalue weighted by molar-refractivity contribution is 0.139. The zero-order chi connectivity index (χ0) is 11.7. The summed E-state index contributed by atoms with van der Waals surface area (Å²) in [6, 6.07) is 4.77. The van der Waals surface area contributed by atoms with Crippen LogP contribution in [0.15, 0.2) is 18.2 Å². The molecule has 0 saturated carbocycles. The predicted molar refractivity (Wildman–Crippen MR) is 59.0 cm³/mol. The number of rotatable bonds is 2. The zero-order valence-corrected chi connectivity index (χ0v) is 9.37. The van der Waals surface area contributed by atoms with Crippen LogP contribution in [0.5, 0.6) is 0 Å². The highest BCUT2D eigenvalue weighted by Crippen LogP contribution is 2.24. The van der Waals surface area contributed by atoms with E-state index in [1.807, 2.05) is 6.92 Å². The summed E-state index contributed by atoms with van der Waals surface area (Å²) in [5.74, 6) is -0.301. The predicted octanol–water partition coefficient (Wildman–Crippen LogP) is 2.87. The van der Waals surface area contributed by atoms with Crippen LogP contribution < -0.4 is 4.90 Å². The summed E-state index contributed by atoms with van der Waals surface area (Å²) in [6.45, 7) is 4.14. The molecule has 4 heteroatoms. The van der Waals surface area contributed by atoms with Crippen molar-refractivity contribution in [2.45, 2.75) is 26.4 Å². The largest absolute Gasteiger partial charge is 0.444 e. The quantitative estimate of drug-likeness (QED) is 0.771. The Balaban J connectivity index is 2.24. The van der Waals surface area contributed by atoms with E-state index in [0.717, 1.165) is 6.42 Å². The topological polar surface area (TPSA) is 29.5 Å². The maximum Gasteiger partial charge on any atom is 0.414 e. The molecule has 1 aliphatic rings. The molecule has 1 aromatic rings. The number of hydrogen-bond donors (Lipinski definition) is 0. The Morgan fingerprint density at radius 3 is 2.88 bits per heavy atom. The molecule has 0 aliphatic carbocycles. The molecular formula is C12H14FNO2. The van der Waals surface area contributed by atoms with Gasteiger partial charge >= 0.3 is 6.09 Å². The molecule has 86 valence electrons. The number of anilines is 1. The number of hydrogen-bond acceptors (Lipinski definition) is 2. The monoisotopic (exact) mass is 223 g/mol. The Kier molecular flexibility index (Phi) is 2.81. The van der Waals surface area contributed by atoms with Crippen LogP contribution in [-0.4, -0.2) is 18.7 Å². The second kappa shape index (κ2) is 4.12. The Bertz CT molecular complexity index is 419. The van der Waals surface area contributed by atoms with Crippen molar-refractivity contribution in [1.29, 1.82) is 0 Å². The first-order valence-electron chi connectivity index (χ1n) is 5.36. The van der Waals surface area contributed by atoms with E-state index in [1.54, 1.807) is 19.1 Å². The molecule has 3 nitrogen and oxygen atoms in total. The fraction of sp³-hybridized carbons (Fsp3) is 0.417. The average Bonchev–Trinajstić information content (AvgIpc) is 2.64. The van der Waals surface area contributed by atoms with Crippen LogP contribution >= 0.6 is 0 Å². The second-order valence-corrected chi connectivity index (χ2v) is 3.96. The Hall–Kier alpha value is -1.58. The van der Waals surface area contributed by atoms with Gasteiger partial charge in [-0.1, -0.05) is 13.0 Å². The molecule has 0 spiro atoms. The van der Waals surface area contributed by atoms with Gasteiger partial charge in [0, 0.05) is 0 Å². The minimum absolute atomic E-state index is 0.0862. The standard InChI is InChI=1S/C12H14FNO2/c1-3-10-7-14(12(15)16-10)9-5-4-8(2)11(13)6-9/h4-6,10H,3,7H2,1-2H3. The number of amides is 1. The highest BCUT2D eigenvalue weighted by atomic mass is 19.1. The van der Waals surface area contributed by atoms with Crippen molar-refractivity contribution in [1.82, 2.24) is 0 Å².